The second-order valence-electron chi connectivity index (χ2n) is 6.46. The molecule has 0 aromatic heterocycles. The Morgan fingerprint density at radius 3 is 2.70 bits per heavy atom. The highest BCUT2D eigenvalue weighted by molar-refractivity contribution is 5.73. The van der Waals surface area contributed by atoms with E-state index >= 15 is 0 Å². The minimum atomic E-state index is -0.163. The van der Waals surface area contributed by atoms with Crippen LogP contribution in [0, 0.1) is 5.92 Å². The van der Waals surface area contributed by atoms with Crippen molar-refractivity contribution in [3.63, 3.8) is 0 Å². The van der Waals surface area contributed by atoms with Crippen LogP contribution in [0.2, 0.25) is 0 Å². The first kappa shape index (κ1) is 15.9. The van der Waals surface area contributed by atoms with Crippen molar-refractivity contribution >= 4 is 6.03 Å². The molecule has 23 heavy (non-hydrogen) atoms. The fourth-order valence-electron chi connectivity index (χ4n) is 2.88. The van der Waals surface area contributed by atoms with E-state index in [0.29, 0.717) is 25.7 Å². The normalized spacial score (nSPS) is 20.9. The summed E-state index contributed by atoms with van der Waals surface area (Å²) >= 11 is 0. The van der Waals surface area contributed by atoms with Crippen LogP contribution >= 0.6 is 0 Å². The number of hydrogen-bond donors (Lipinski definition) is 2. The van der Waals surface area contributed by atoms with Crippen LogP contribution in [0.15, 0.2) is 24.3 Å². The maximum atomic E-state index is 12.0. The molecule has 1 fully saturated rings. The van der Waals surface area contributed by atoms with Gasteiger partial charge in [0.25, 0.3) is 0 Å². The zero-order chi connectivity index (χ0) is 16.2. The van der Waals surface area contributed by atoms with Crippen LogP contribution in [-0.2, 0) is 0 Å². The van der Waals surface area contributed by atoms with Crippen molar-refractivity contribution in [2.75, 3.05) is 33.8 Å². The molecular formula is C17H25N3O3. The summed E-state index contributed by atoms with van der Waals surface area (Å²) in [6.07, 6.45) is 2.36. The van der Waals surface area contributed by atoms with E-state index in [1.54, 1.807) is 0 Å². The number of carbonyl (C=O) groups is 1. The first-order valence-corrected chi connectivity index (χ1v) is 8.20. The molecule has 0 radical (unpaired) electrons. The smallest absolute Gasteiger partial charge is 0.314 e. The highest BCUT2D eigenvalue weighted by atomic mass is 16.6. The zero-order valence-corrected chi connectivity index (χ0v) is 13.7. The fraction of sp³-hybridized carbons (Fsp3) is 0.588. The molecular weight excluding hydrogens is 294 g/mol. The van der Waals surface area contributed by atoms with Gasteiger partial charge < -0.3 is 25.0 Å². The van der Waals surface area contributed by atoms with Crippen molar-refractivity contribution in [1.82, 2.24) is 15.5 Å². The SMILES string of the molecule is CN(C)[C@@H](CNC(=O)NC[C@@H]1COc2ccccc2O1)C1CC1. The Balaban J connectivity index is 1.39. The largest absolute Gasteiger partial charge is 0.486 e. The Kier molecular flexibility index (Phi) is 4.91. The van der Waals surface area contributed by atoms with Gasteiger partial charge >= 0.3 is 6.03 Å². The highest BCUT2D eigenvalue weighted by Crippen LogP contribution is 2.34. The lowest BCUT2D eigenvalue weighted by atomic mass is 10.1. The van der Waals surface area contributed by atoms with E-state index in [1.807, 2.05) is 24.3 Å². The molecule has 6 nitrogen and oxygen atoms in total. The number of benzene rings is 1. The summed E-state index contributed by atoms with van der Waals surface area (Å²) in [6, 6.07) is 7.84. The predicted octanol–water partition coefficient (Wildman–Crippen LogP) is 1.47. The molecule has 1 aromatic carbocycles. The third-order valence-electron chi connectivity index (χ3n) is 4.36. The van der Waals surface area contributed by atoms with Crippen LogP contribution in [0.3, 0.4) is 0 Å². The van der Waals surface area contributed by atoms with Gasteiger partial charge in [0, 0.05) is 12.6 Å². The first-order chi connectivity index (χ1) is 11.1. The Morgan fingerprint density at radius 2 is 2.00 bits per heavy atom. The molecule has 2 aliphatic rings. The van der Waals surface area contributed by atoms with Gasteiger partial charge in [0.2, 0.25) is 0 Å². The summed E-state index contributed by atoms with van der Waals surface area (Å²) in [5, 5.41) is 5.82. The fourth-order valence-corrected chi connectivity index (χ4v) is 2.88. The summed E-state index contributed by atoms with van der Waals surface area (Å²) in [5.74, 6) is 2.20. The number of urea groups is 1. The van der Waals surface area contributed by atoms with Crippen LogP contribution < -0.4 is 20.1 Å². The molecule has 3 rings (SSSR count). The van der Waals surface area contributed by atoms with E-state index in [2.05, 4.69) is 29.6 Å². The van der Waals surface area contributed by atoms with Crippen molar-refractivity contribution in [1.29, 1.82) is 0 Å². The van der Waals surface area contributed by atoms with Crippen molar-refractivity contribution in [3.8, 4) is 11.5 Å². The molecule has 1 aliphatic carbocycles. The van der Waals surface area contributed by atoms with E-state index < -0.39 is 0 Å². The minimum absolute atomic E-state index is 0.153. The van der Waals surface area contributed by atoms with Crippen molar-refractivity contribution in [3.05, 3.63) is 24.3 Å². The van der Waals surface area contributed by atoms with Crippen LogP contribution in [-0.4, -0.2) is 56.9 Å². The molecule has 1 aromatic rings. The Bertz CT molecular complexity index is 544. The Hall–Kier alpha value is -1.95. The third-order valence-corrected chi connectivity index (χ3v) is 4.36. The van der Waals surface area contributed by atoms with E-state index in [4.69, 9.17) is 9.47 Å². The predicted molar refractivity (Wildman–Crippen MR) is 88.0 cm³/mol. The number of nitrogens with one attached hydrogen (secondary N) is 2. The van der Waals surface area contributed by atoms with Crippen molar-refractivity contribution in [2.24, 2.45) is 5.92 Å². The molecule has 126 valence electrons. The van der Waals surface area contributed by atoms with Gasteiger partial charge in [-0.3, -0.25) is 0 Å². The number of rotatable bonds is 6. The molecule has 1 aliphatic heterocycles. The standard InChI is InChI=1S/C17H25N3O3/c1-20(2)14(12-7-8-12)10-19-17(21)18-9-13-11-22-15-5-3-4-6-16(15)23-13/h3-6,12-14H,7-11H2,1-2H3,(H2,18,19,21)/t13-,14+/m1/s1. The molecule has 0 unspecified atom stereocenters. The molecule has 0 bridgehead atoms. The van der Waals surface area contributed by atoms with Crippen LogP contribution in [0.5, 0.6) is 11.5 Å². The van der Waals surface area contributed by atoms with Gasteiger partial charge in [-0.15, -0.1) is 0 Å². The van der Waals surface area contributed by atoms with Crippen LogP contribution in [0.4, 0.5) is 4.79 Å². The number of fused-ring (bicyclic) bond motifs is 1. The summed E-state index contributed by atoms with van der Waals surface area (Å²) in [7, 11) is 4.13. The lowest BCUT2D eigenvalue weighted by Gasteiger charge is -2.27. The average molecular weight is 319 g/mol. The zero-order valence-electron chi connectivity index (χ0n) is 13.7. The minimum Gasteiger partial charge on any atom is -0.486 e. The monoisotopic (exact) mass is 319 g/mol. The molecule has 6 heteroatoms. The lowest BCUT2D eigenvalue weighted by molar-refractivity contribution is 0.0917. The van der Waals surface area contributed by atoms with E-state index in [-0.39, 0.29) is 12.1 Å². The van der Waals surface area contributed by atoms with E-state index in [1.165, 1.54) is 12.8 Å². The van der Waals surface area contributed by atoms with Gasteiger partial charge in [0.1, 0.15) is 6.61 Å². The molecule has 2 N–H and O–H groups in total. The van der Waals surface area contributed by atoms with Gasteiger partial charge in [0.05, 0.1) is 6.54 Å². The lowest BCUT2D eigenvalue weighted by Crippen LogP contribution is -2.48. The van der Waals surface area contributed by atoms with Gasteiger partial charge in [-0.1, -0.05) is 12.1 Å². The Labute approximate surface area is 137 Å². The van der Waals surface area contributed by atoms with Crippen LogP contribution in [0.25, 0.3) is 0 Å². The number of ether oxygens (including phenoxy) is 2. The molecule has 2 amide bonds. The number of amides is 2. The number of nitrogens with zero attached hydrogens (tertiary/aromatic N) is 1. The average Bonchev–Trinajstić information content (AvgIpc) is 3.37. The number of carbonyl (C=O) groups excluding carboxylic acids is 1. The van der Waals surface area contributed by atoms with Gasteiger partial charge in [-0.05, 0) is 45.0 Å². The summed E-state index contributed by atoms with van der Waals surface area (Å²) < 4.78 is 11.5. The van der Waals surface area contributed by atoms with Gasteiger partial charge in [-0.25, -0.2) is 4.79 Å². The molecule has 1 heterocycles. The van der Waals surface area contributed by atoms with E-state index in [0.717, 1.165) is 17.4 Å². The summed E-state index contributed by atoms with van der Waals surface area (Å²) in [5.41, 5.74) is 0. The molecule has 1 saturated carbocycles. The number of hydrogen-bond acceptors (Lipinski definition) is 4. The quantitative estimate of drug-likeness (QED) is 0.833. The van der Waals surface area contributed by atoms with Crippen molar-refractivity contribution < 1.29 is 14.3 Å². The maximum absolute atomic E-state index is 12.0. The second-order valence-corrected chi connectivity index (χ2v) is 6.46. The molecule has 0 spiro atoms. The van der Waals surface area contributed by atoms with E-state index in [9.17, 15) is 4.79 Å². The second kappa shape index (κ2) is 7.08. The third kappa shape index (κ3) is 4.28. The number of para-hydroxylation sites is 2. The Morgan fingerprint density at radius 1 is 1.26 bits per heavy atom. The van der Waals surface area contributed by atoms with Gasteiger partial charge in [-0.2, -0.15) is 0 Å². The van der Waals surface area contributed by atoms with Gasteiger partial charge in [0.15, 0.2) is 17.6 Å². The first-order valence-electron chi connectivity index (χ1n) is 8.20. The maximum Gasteiger partial charge on any atom is 0.314 e. The topological polar surface area (TPSA) is 62.8 Å². The van der Waals surface area contributed by atoms with Crippen LogP contribution in [0.1, 0.15) is 12.8 Å². The molecule has 0 saturated heterocycles. The number of likely N-dealkylation sites (N-methyl/N-ethyl adjacent to an activating group) is 1. The van der Waals surface area contributed by atoms with Crippen molar-refractivity contribution in [2.45, 2.75) is 25.0 Å². The summed E-state index contributed by atoms with van der Waals surface area (Å²) in [4.78, 5) is 14.2. The molecule has 2 atom stereocenters. The highest BCUT2D eigenvalue weighted by Gasteiger charge is 2.32. The summed E-state index contributed by atoms with van der Waals surface area (Å²) in [6.45, 7) is 1.55.